The lowest BCUT2D eigenvalue weighted by atomic mass is 9.44. The maximum absolute atomic E-state index is 12.1. The molecule has 0 heterocycles. The number of amides is 2. The van der Waals surface area contributed by atoms with Gasteiger partial charge in [0.15, 0.2) is 6.61 Å². The van der Waals surface area contributed by atoms with Gasteiger partial charge in [0.2, 0.25) is 5.91 Å². The second kappa shape index (κ2) is 6.67. The van der Waals surface area contributed by atoms with Crippen LogP contribution in [-0.4, -0.2) is 42.7 Å². The monoisotopic (exact) mass is 392 g/mol. The van der Waals surface area contributed by atoms with Gasteiger partial charge >= 0.3 is 0 Å². The zero-order valence-corrected chi connectivity index (χ0v) is 16.2. The summed E-state index contributed by atoms with van der Waals surface area (Å²) >= 11 is 5.82. The van der Waals surface area contributed by atoms with Gasteiger partial charge in [-0.25, -0.2) is 0 Å². The van der Waals surface area contributed by atoms with Crippen LogP contribution in [-0.2, 0) is 14.3 Å². The fraction of sp³-hybridized carbons (Fsp3) is 0.600. The topological polar surface area (TPSA) is 76.7 Å². The van der Waals surface area contributed by atoms with Gasteiger partial charge in [0.25, 0.3) is 5.91 Å². The molecule has 0 atom stereocenters. The molecule has 2 N–H and O–H groups in total. The molecule has 5 rings (SSSR count). The van der Waals surface area contributed by atoms with Crippen molar-refractivity contribution in [3.05, 3.63) is 29.3 Å². The molecule has 4 aliphatic rings. The van der Waals surface area contributed by atoms with Crippen molar-refractivity contribution in [1.82, 2.24) is 10.6 Å². The van der Waals surface area contributed by atoms with Crippen LogP contribution in [0.5, 0.6) is 5.75 Å². The number of rotatable bonds is 9. The molecule has 6 nitrogen and oxygen atoms in total. The minimum atomic E-state index is -0.184. The first-order chi connectivity index (χ1) is 12.8. The first-order valence-corrected chi connectivity index (χ1v) is 9.76. The number of halogens is 1. The second-order valence-corrected chi connectivity index (χ2v) is 9.17. The van der Waals surface area contributed by atoms with Crippen LogP contribution in [0.15, 0.2) is 24.3 Å². The van der Waals surface area contributed by atoms with E-state index < -0.39 is 0 Å². The van der Waals surface area contributed by atoms with Crippen molar-refractivity contribution in [3.63, 3.8) is 0 Å². The van der Waals surface area contributed by atoms with Crippen molar-refractivity contribution < 1.29 is 19.1 Å². The van der Waals surface area contributed by atoms with E-state index in [-0.39, 0.29) is 36.1 Å². The molecular formula is C20H25ClN2O4. The number of carbonyl (C=O) groups is 2. The third-order valence-corrected chi connectivity index (χ3v) is 6.06. The van der Waals surface area contributed by atoms with Crippen molar-refractivity contribution >= 4 is 23.4 Å². The number of carbonyl (C=O) groups excluding carboxylic acids is 2. The van der Waals surface area contributed by atoms with Crippen LogP contribution in [0.1, 0.15) is 39.0 Å². The molecule has 2 amide bonds. The van der Waals surface area contributed by atoms with Crippen LogP contribution in [0.3, 0.4) is 0 Å². The van der Waals surface area contributed by atoms with Gasteiger partial charge in [-0.3, -0.25) is 9.59 Å². The minimum absolute atomic E-state index is 0.0324. The molecule has 2 bridgehead atoms. The summed E-state index contributed by atoms with van der Waals surface area (Å²) in [6.07, 6.45) is 4.69. The summed E-state index contributed by atoms with van der Waals surface area (Å²) < 4.78 is 11.0. The van der Waals surface area contributed by atoms with Gasteiger partial charge in [0.05, 0.1) is 6.61 Å². The zero-order valence-electron chi connectivity index (χ0n) is 15.5. The van der Waals surface area contributed by atoms with E-state index in [4.69, 9.17) is 21.1 Å². The number of hydrogen-bond acceptors (Lipinski definition) is 4. The molecule has 0 spiro atoms. The summed E-state index contributed by atoms with van der Waals surface area (Å²) in [4.78, 5) is 24.2. The van der Waals surface area contributed by atoms with E-state index in [2.05, 4.69) is 17.6 Å². The highest BCUT2D eigenvalue weighted by atomic mass is 35.5. The number of nitrogens with one attached hydrogen (secondary N) is 2. The molecule has 27 heavy (non-hydrogen) atoms. The lowest BCUT2D eigenvalue weighted by molar-refractivity contribution is -0.152. The molecule has 0 saturated heterocycles. The highest BCUT2D eigenvalue weighted by molar-refractivity contribution is 6.30. The van der Waals surface area contributed by atoms with E-state index in [1.54, 1.807) is 24.3 Å². The smallest absolute Gasteiger partial charge is 0.258 e. The highest BCUT2D eigenvalue weighted by Crippen LogP contribution is 2.60. The Morgan fingerprint density at radius 2 is 1.56 bits per heavy atom. The van der Waals surface area contributed by atoms with E-state index in [1.807, 2.05) is 0 Å². The minimum Gasteiger partial charge on any atom is -0.484 e. The van der Waals surface area contributed by atoms with Gasteiger partial charge in [-0.2, -0.15) is 0 Å². The van der Waals surface area contributed by atoms with E-state index in [1.165, 1.54) is 12.8 Å². The molecule has 7 heteroatoms. The molecule has 0 aliphatic heterocycles. The molecule has 146 valence electrons. The van der Waals surface area contributed by atoms with Crippen molar-refractivity contribution in [2.75, 3.05) is 19.8 Å². The molecule has 0 radical (unpaired) electrons. The molecule has 0 unspecified atom stereocenters. The summed E-state index contributed by atoms with van der Waals surface area (Å²) in [6, 6.07) is 6.90. The van der Waals surface area contributed by atoms with Crippen LogP contribution in [0.2, 0.25) is 5.02 Å². The standard InChI is InChI=1S/C20H25ClN2O4/c1-18(6-7-18)13-26-8-16(24)22-19-10-20(11-19,12-19)23-17(25)9-27-15-4-2-14(21)3-5-15/h2-5H,6-13H2,1H3,(H,22,24)(H,23,25). The quantitative estimate of drug-likeness (QED) is 0.676. The lowest BCUT2D eigenvalue weighted by Crippen LogP contribution is -2.84. The van der Waals surface area contributed by atoms with Crippen LogP contribution < -0.4 is 15.4 Å². The maximum atomic E-state index is 12.1. The normalized spacial score (nSPS) is 29.1. The van der Waals surface area contributed by atoms with E-state index >= 15 is 0 Å². The number of benzene rings is 1. The molecule has 4 fully saturated rings. The molecule has 1 aromatic carbocycles. The van der Waals surface area contributed by atoms with Gasteiger partial charge in [0.1, 0.15) is 12.4 Å². The van der Waals surface area contributed by atoms with Crippen molar-refractivity contribution in [1.29, 1.82) is 0 Å². The molecule has 1 aromatic rings. The first kappa shape index (κ1) is 18.6. The van der Waals surface area contributed by atoms with Gasteiger partial charge in [-0.15, -0.1) is 0 Å². The van der Waals surface area contributed by atoms with Crippen LogP contribution in [0, 0.1) is 5.41 Å². The van der Waals surface area contributed by atoms with Crippen molar-refractivity contribution in [3.8, 4) is 5.75 Å². The first-order valence-electron chi connectivity index (χ1n) is 9.38. The van der Waals surface area contributed by atoms with E-state index in [0.717, 1.165) is 19.3 Å². The highest BCUT2D eigenvalue weighted by Gasteiger charge is 2.69. The number of ether oxygens (including phenoxy) is 2. The third-order valence-electron chi connectivity index (χ3n) is 5.81. The fourth-order valence-electron chi connectivity index (χ4n) is 4.14. The third kappa shape index (κ3) is 4.22. The van der Waals surface area contributed by atoms with E-state index in [9.17, 15) is 9.59 Å². The van der Waals surface area contributed by atoms with Gasteiger partial charge in [0, 0.05) is 16.1 Å². The largest absolute Gasteiger partial charge is 0.484 e. The van der Waals surface area contributed by atoms with Gasteiger partial charge in [-0.05, 0) is 61.8 Å². The zero-order chi connectivity index (χ0) is 19.1. The summed E-state index contributed by atoms with van der Waals surface area (Å²) in [5, 5.41) is 6.73. The predicted octanol–water partition coefficient (Wildman–Crippen LogP) is 2.44. The lowest BCUT2D eigenvalue weighted by Gasteiger charge is -2.70. The summed E-state index contributed by atoms with van der Waals surface area (Å²) in [7, 11) is 0. The average Bonchev–Trinajstić information content (AvgIpc) is 3.28. The maximum Gasteiger partial charge on any atom is 0.258 e. The molecule has 0 aromatic heterocycles. The Kier molecular flexibility index (Phi) is 4.59. The fourth-order valence-corrected chi connectivity index (χ4v) is 4.27. The van der Waals surface area contributed by atoms with Crippen molar-refractivity contribution in [2.45, 2.75) is 50.1 Å². The summed E-state index contributed by atoms with van der Waals surface area (Å²) in [5.41, 5.74) is -0.0523. The summed E-state index contributed by atoms with van der Waals surface area (Å²) in [5.74, 6) is 0.395. The van der Waals surface area contributed by atoms with Gasteiger partial charge in [-0.1, -0.05) is 18.5 Å². The van der Waals surface area contributed by atoms with Crippen LogP contribution >= 0.6 is 11.6 Å². The Labute approximate surface area is 163 Å². The van der Waals surface area contributed by atoms with Gasteiger partial charge < -0.3 is 20.1 Å². The SMILES string of the molecule is CC1(COCC(=O)NC23CC(NC(=O)COc4ccc(Cl)cc4)(C2)C3)CC1. The Morgan fingerprint density at radius 1 is 1.00 bits per heavy atom. The Bertz CT molecular complexity index is 725. The Hall–Kier alpha value is -1.79. The Balaban J connectivity index is 1.13. The average molecular weight is 393 g/mol. The second-order valence-electron chi connectivity index (χ2n) is 8.73. The van der Waals surface area contributed by atoms with Crippen molar-refractivity contribution in [2.24, 2.45) is 5.41 Å². The Morgan fingerprint density at radius 3 is 2.11 bits per heavy atom. The number of hydrogen-bond donors (Lipinski definition) is 2. The predicted molar refractivity (Wildman–Crippen MR) is 101 cm³/mol. The molecular weight excluding hydrogens is 368 g/mol. The van der Waals surface area contributed by atoms with E-state index in [0.29, 0.717) is 22.8 Å². The molecule has 4 saturated carbocycles. The molecule has 4 aliphatic carbocycles. The summed E-state index contributed by atoms with van der Waals surface area (Å²) in [6.45, 7) is 2.91. The van der Waals surface area contributed by atoms with Crippen LogP contribution in [0.4, 0.5) is 0 Å². The van der Waals surface area contributed by atoms with Crippen LogP contribution in [0.25, 0.3) is 0 Å².